The first-order valence-corrected chi connectivity index (χ1v) is 7.26. The topological polar surface area (TPSA) is 21.3 Å². The predicted octanol–water partition coefficient (Wildman–Crippen LogP) is 4.82. The van der Waals surface area contributed by atoms with Crippen LogP contribution in [-0.4, -0.2) is 7.11 Å². The molecule has 2 rings (SSSR count). The molecule has 0 saturated heterocycles. The lowest BCUT2D eigenvalue weighted by Crippen LogP contribution is -2.09. The molecule has 0 amide bonds. The number of aryl methyl sites for hydroxylation is 1. The quantitative estimate of drug-likeness (QED) is 0.811. The molecule has 1 unspecified atom stereocenters. The smallest absolute Gasteiger partial charge is 0.120 e. The van der Waals surface area contributed by atoms with Crippen molar-refractivity contribution in [3.05, 3.63) is 59.7 Å². The minimum Gasteiger partial charge on any atom is -0.497 e. The highest BCUT2D eigenvalue weighted by atomic mass is 16.5. The second-order valence-corrected chi connectivity index (χ2v) is 4.93. The Balaban J connectivity index is 2.14. The molecule has 1 atom stereocenters. The van der Waals surface area contributed by atoms with Gasteiger partial charge < -0.3 is 10.1 Å². The highest BCUT2D eigenvalue weighted by Crippen LogP contribution is 2.25. The Hall–Kier alpha value is -1.96. The van der Waals surface area contributed by atoms with Gasteiger partial charge in [0.2, 0.25) is 0 Å². The monoisotopic (exact) mass is 269 g/mol. The van der Waals surface area contributed by atoms with Crippen molar-refractivity contribution in [1.29, 1.82) is 0 Å². The highest BCUT2D eigenvalue weighted by molar-refractivity contribution is 5.50. The number of anilines is 1. The third-order valence-corrected chi connectivity index (χ3v) is 3.61. The predicted molar refractivity (Wildman–Crippen MR) is 85.5 cm³/mol. The number of nitrogens with one attached hydrogen (secondary N) is 1. The molecule has 0 aliphatic carbocycles. The van der Waals surface area contributed by atoms with Crippen LogP contribution >= 0.6 is 0 Å². The second kappa shape index (κ2) is 6.99. The van der Waals surface area contributed by atoms with E-state index in [1.165, 1.54) is 11.1 Å². The van der Waals surface area contributed by atoms with Crippen LogP contribution in [0.4, 0.5) is 5.69 Å². The van der Waals surface area contributed by atoms with Gasteiger partial charge in [0.25, 0.3) is 0 Å². The van der Waals surface area contributed by atoms with Crippen LogP contribution in [0, 0.1) is 0 Å². The maximum Gasteiger partial charge on any atom is 0.120 e. The zero-order valence-corrected chi connectivity index (χ0v) is 12.5. The average molecular weight is 269 g/mol. The van der Waals surface area contributed by atoms with Gasteiger partial charge in [0.15, 0.2) is 0 Å². The van der Waals surface area contributed by atoms with Gasteiger partial charge in [-0.15, -0.1) is 0 Å². The van der Waals surface area contributed by atoms with Crippen molar-refractivity contribution in [3.8, 4) is 5.75 Å². The molecule has 2 aromatic rings. The van der Waals surface area contributed by atoms with E-state index in [1.54, 1.807) is 7.11 Å². The van der Waals surface area contributed by atoms with E-state index in [0.29, 0.717) is 6.04 Å². The van der Waals surface area contributed by atoms with Gasteiger partial charge in [0.1, 0.15) is 5.75 Å². The van der Waals surface area contributed by atoms with Crippen molar-refractivity contribution in [3.63, 3.8) is 0 Å². The van der Waals surface area contributed by atoms with Crippen molar-refractivity contribution in [1.82, 2.24) is 0 Å². The summed E-state index contributed by atoms with van der Waals surface area (Å²) in [6.07, 6.45) is 2.13. The Bertz CT molecular complexity index is 533. The Morgan fingerprint density at radius 1 is 1.05 bits per heavy atom. The summed E-state index contributed by atoms with van der Waals surface area (Å²) in [5.74, 6) is 0.881. The van der Waals surface area contributed by atoms with Gasteiger partial charge in [-0.3, -0.25) is 0 Å². The number of hydrogen-bond acceptors (Lipinski definition) is 2. The van der Waals surface area contributed by atoms with Crippen molar-refractivity contribution in [2.45, 2.75) is 32.7 Å². The van der Waals surface area contributed by atoms with Crippen LogP contribution in [-0.2, 0) is 6.42 Å². The van der Waals surface area contributed by atoms with Crippen LogP contribution in [0.2, 0.25) is 0 Å². The van der Waals surface area contributed by atoms with Crippen molar-refractivity contribution in [2.24, 2.45) is 0 Å². The van der Waals surface area contributed by atoms with Gasteiger partial charge >= 0.3 is 0 Å². The lowest BCUT2D eigenvalue weighted by Gasteiger charge is -2.19. The van der Waals surface area contributed by atoms with Crippen LogP contribution in [0.5, 0.6) is 5.75 Å². The summed E-state index contributed by atoms with van der Waals surface area (Å²) < 4.78 is 5.27. The first-order chi connectivity index (χ1) is 9.76. The maximum absolute atomic E-state index is 5.27. The van der Waals surface area contributed by atoms with Gasteiger partial charge in [-0.25, -0.2) is 0 Å². The Morgan fingerprint density at radius 3 is 2.40 bits per heavy atom. The zero-order chi connectivity index (χ0) is 14.4. The van der Waals surface area contributed by atoms with Gasteiger partial charge in [0, 0.05) is 11.8 Å². The number of ether oxygens (including phenoxy) is 1. The van der Waals surface area contributed by atoms with E-state index in [9.17, 15) is 0 Å². The van der Waals surface area contributed by atoms with E-state index in [2.05, 4.69) is 49.5 Å². The van der Waals surface area contributed by atoms with E-state index in [4.69, 9.17) is 4.74 Å². The molecule has 2 heteroatoms. The molecule has 106 valence electrons. The van der Waals surface area contributed by atoms with E-state index < -0.39 is 0 Å². The summed E-state index contributed by atoms with van der Waals surface area (Å²) in [7, 11) is 1.69. The SMILES string of the molecule is CCc1ccc(C(CC)Nc2cccc(OC)c2)cc1. The fourth-order valence-electron chi connectivity index (χ4n) is 2.32. The summed E-state index contributed by atoms with van der Waals surface area (Å²) >= 11 is 0. The summed E-state index contributed by atoms with van der Waals surface area (Å²) in [4.78, 5) is 0. The Labute approximate surface area is 121 Å². The average Bonchev–Trinajstić information content (AvgIpc) is 2.53. The molecule has 0 aromatic heterocycles. The van der Waals surface area contributed by atoms with Gasteiger partial charge in [0.05, 0.1) is 13.2 Å². The molecule has 2 nitrogen and oxygen atoms in total. The third-order valence-electron chi connectivity index (χ3n) is 3.61. The number of methoxy groups -OCH3 is 1. The van der Waals surface area contributed by atoms with E-state index in [-0.39, 0.29) is 0 Å². The molecule has 1 N–H and O–H groups in total. The molecular weight excluding hydrogens is 246 g/mol. The highest BCUT2D eigenvalue weighted by Gasteiger charge is 2.09. The molecule has 0 fully saturated rings. The minimum absolute atomic E-state index is 0.327. The maximum atomic E-state index is 5.27. The third kappa shape index (κ3) is 3.53. The van der Waals surface area contributed by atoms with Gasteiger partial charge in [-0.05, 0) is 36.1 Å². The van der Waals surface area contributed by atoms with Gasteiger partial charge in [-0.2, -0.15) is 0 Å². The fourth-order valence-corrected chi connectivity index (χ4v) is 2.32. The minimum atomic E-state index is 0.327. The van der Waals surface area contributed by atoms with Crippen molar-refractivity contribution < 1.29 is 4.74 Å². The standard InChI is InChI=1S/C18H23NO/c1-4-14-9-11-15(12-10-14)18(5-2)19-16-7-6-8-17(13-16)20-3/h6-13,18-19H,4-5H2,1-3H3. The molecule has 0 aliphatic rings. The first kappa shape index (κ1) is 14.4. The van der Waals surface area contributed by atoms with Crippen LogP contribution in [0.3, 0.4) is 0 Å². The summed E-state index contributed by atoms with van der Waals surface area (Å²) in [5, 5.41) is 3.58. The lowest BCUT2D eigenvalue weighted by atomic mass is 10.0. The molecule has 2 aromatic carbocycles. The summed E-state index contributed by atoms with van der Waals surface area (Å²) in [5.41, 5.74) is 3.80. The van der Waals surface area contributed by atoms with Crippen LogP contribution in [0.1, 0.15) is 37.4 Å². The molecule has 0 radical (unpaired) electrons. The number of hydrogen-bond donors (Lipinski definition) is 1. The van der Waals surface area contributed by atoms with Crippen molar-refractivity contribution in [2.75, 3.05) is 12.4 Å². The molecule has 0 bridgehead atoms. The Morgan fingerprint density at radius 2 is 1.80 bits per heavy atom. The Kier molecular flexibility index (Phi) is 5.05. The molecule has 20 heavy (non-hydrogen) atoms. The first-order valence-electron chi connectivity index (χ1n) is 7.26. The number of rotatable bonds is 6. The van der Waals surface area contributed by atoms with Crippen molar-refractivity contribution >= 4 is 5.69 Å². The lowest BCUT2D eigenvalue weighted by molar-refractivity contribution is 0.415. The van der Waals surface area contributed by atoms with Crippen LogP contribution in [0.25, 0.3) is 0 Å². The van der Waals surface area contributed by atoms with E-state index in [0.717, 1.165) is 24.3 Å². The molecule has 0 heterocycles. The molecule has 0 aliphatic heterocycles. The van der Waals surface area contributed by atoms with Crippen LogP contribution in [0.15, 0.2) is 48.5 Å². The molecule has 0 saturated carbocycles. The van der Waals surface area contributed by atoms with Gasteiger partial charge in [-0.1, -0.05) is 44.2 Å². The largest absolute Gasteiger partial charge is 0.497 e. The van der Waals surface area contributed by atoms with E-state index in [1.807, 2.05) is 18.2 Å². The molecular formula is C18H23NO. The fraction of sp³-hybridized carbons (Fsp3) is 0.333. The number of benzene rings is 2. The van der Waals surface area contributed by atoms with Crippen LogP contribution < -0.4 is 10.1 Å². The second-order valence-electron chi connectivity index (χ2n) is 4.93. The summed E-state index contributed by atoms with van der Waals surface area (Å²) in [6, 6.07) is 17.3. The normalized spacial score (nSPS) is 11.9. The zero-order valence-electron chi connectivity index (χ0n) is 12.5. The van der Waals surface area contributed by atoms with E-state index >= 15 is 0 Å². The summed E-state index contributed by atoms with van der Waals surface area (Å²) in [6.45, 7) is 4.38. The molecule has 0 spiro atoms.